The summed E-state index contributed by atoms with van der Waals surface area (Å²) in [6, 6.07) is 7.07. The Labute approximate surface area is 111 Å². The molecule has 1 aromatic heterocycles. The van der Waals surface area contributed by atoms with Crippen molar-refractivity contribution in [3.63, 3.8) is 0 Å². The minimum absolute atomic E-state index is 0.250. The van der Waals surface area contributed by atoms with Crippen molar-refractivity contribution in [3.05, 3.63) is 41.5 Å². The summed E-state index contributed by atoms with van der Waals surface area (Å²) in [4.78, 5) is 4.38. The van der Waals surface area contributed by atoms with E-state index >= 15 is 0 Å². The van der Waals surface area contributed by atoms with E-state index in [1.165, 1.54) is 0 Å². The third-order valence-corrected chi connectivity index (χ3v) is 3.27. The van der Waals surface area contributed by atoms with Gasteiger partial charge in [0.05, 0.1) is 6.42 Å². The molecule has 1 N–H and O–H groups in total. The summed E-state index contributed by atoms with van der Waals surface area (Å²) in [5.41, 5.74) is 0.958. The number of ether oxygens (including phenoxy) is 1. The van der Waals surface area contributed by atoms with Crippen LogP contribution in [-0.2, 0) is 17.6 Å². The SMILES string of the molecule is Oc1cccc(Cc2nc(CC3CCOC3)no2)c1. The van der Waals surface area contributed by atoms with Crippen molar-refractivity contribution >= 4 is 0 Å². The van der Waals surface area contributed by atoms with Gasteiger partial charge in [-0.15, -0.1) is 0 Å². The zero-order valence-corrected chi connectivity index (χ0v) is 10.6. The fourth-order valence-electron chi connectivity index (χ4n) is 2.29. The molecular formula is C14H16N2O3. The van der Waals surface area contributed by atoms with E-state index in [2.05, 4.69) is 10.1 Å². The molecule has 1 aliphatic rings. The Kier molecular flexibility index (Phi) is 3.46. The highest BCUT2D eigenvalue weighted by atomic mass is 16.5. The molecule has 3 rings (SSSR count). The summed E-state index contributed by atoms with van der Waals surface area (Å²) in [6.45, 7) is 1.62. The maximum atomic E-state index is 9.41. The van der Waals surface area contributed by atoms with Gasteiger partial charge >= 0.3 is 0 Å². The highest BCUT2D eigenvalue weighted by molar-refractivity contribution is 5.28. The van der Waals surface area contributed by atoms with Crippen LogP contribution in [0.15, 0.2) is 28.8 Å². The first-order chi connectivity index (χ1) is 9.29. The fourth-order valence-corrected chi connectivity index (χ4v) is 2.29. The number of phenolic OH excluding ortho intramolecular Hbond substituents is 1. The monoisotopic (exact) mass is 260 g/mol. The highest BCUT2D eigenvalue weighted by Crippen LogP contribution is 2.18. The van der Waals surface area contributed by atoms with E-state index in [0.29, 0.717) is 18.2 Å². The first-order valence-corrected chi connectivity index (χ1v) is 6.47. The minimum atomic E-state index is 0.250. The number of nitrogens with zero attached hydrogens (tertiary/aromatic N) is 2. The Morgan fingerprint density at radius 3 is 3.11 bits per heavy atom. The summed E-state index contributed by atoms with van der Waals surface area (Å²) in [5.74, 6) is 2.08. The summed E-state index contributed by atoms with van der Waals surface area (Å²) in [7, 11) is 0. The van der Waals surface area contributed by atoms with Gasteiger partial charge in [0.2, 0.25) is 5.89 Å². The molecule has 19 heavy (non-hydrogen) atoms. The van der Waals surface area contributed by atoms with Gasteiger partial charge in [0, 0.05) is 19.6 Å². The lowest BCUT2D eigenvalue weighted by molar-refractivity contribution is 0.185. The van der Waals surface area contributed by atoms with Gasteiger partial charge in [-0.25, -0.2) is 0 Å². The minimum Gasteiger partial charge on any atom is -0.508 e. The van der Waals surface area contributed by atoms with Crippen molar-refractivity contribution in [3.8, 4) is 5.75 Å². The average molecular weight is 260 g/mol. The van der Waals surface area contributed by atoms with Crippen molar-refractivity contribution in [2.45, 2.75) is 19.3 Å². The molecule has 5 heteroatoms. The van der Waals surface area contributed by atoms with Crippen molar-refractivity contribution in [1.82, 2.24) is 10.1 Å². The summed E-state index contributed by atoms with van der Waals surface area (Å²) < 4.78 is 10.6. The van der Waals surface area contributed by atoms with Gasteiger partial charge in [0.1, 0.15) is 5.75 Å². The van der Waals surface area contributed by atoms with Gasteiger partial charge in [0.25, 0.3) is 0 Å². The molecule has 1 atom stereocenters. The highest BCUT2D eigenvalue weighted by Gasteiger charge is 2.19. The average Bonchev–Trinajstić information content (AvgIpc) is 3.02. The number of benzene rings is 1. The van der Waals surface area contributed by atoms with Crippen LogP contribution in [0.25, 0.3) is 0 Å². The standard InChI is InChI=1S/C14H16N2O3/c17-12-3-1-2-10(6-12)8-14-15-13(16-19-14)7-11-4-5-18-9-11/h1-3,6,11,17H,4-5,7-9H2. The van der Waals surface area contributed by atoms with E-state index in [4.69, 9.17) is 9.26 Å². The molecule has 5 nitrogen and oxygen atoms in total. The van der Waals surface area contributed by atoms with Gasteiger partial charge in [0.15, 0.2) is 5.82 Å². The van der Waals surface area contributed by atoms with Crippen LogP contribution in [-0.4, -0.2) is 28.5 Å². The van der Waals surface area contributed by atoms with Gasteiger partial charge in [-0.2, -0.15) is 4.98 Å². The molecule has 2 aromatic rings. The Bertz CT molecular complexity index is 547. The second-order valence-corrected chi connectivity index (χ2v) is 4.88. The number of phenols is 1. The van der Waals surface area contributed by atoms with Crippen LogP contribution in [0, 0.1) is 5.92 Å². The van der Waals surface area contributed by atoms with Crippen LogP contribution < -0.4 is 0 Å². The van der Waals surface area contributed by atoms with E-state index in [1.807, 2.05) is 6.07 Å². The maximum absolute atomic E-state index is 9.41. The molecule has 1 unspecified atom stereocenters. The Morgan fingerprint density at radius 1 is 1.37 bits per heavy atom. The lowest BCUT2D eigenvalue weighted by atomic mass is 10.1. The maximum Gasteiger partial charge on any atom is 0.231 e. The van der Waals surface area contributed by atoms with Gasteiger partial charge in [-0.3, -0.25) is 0 Å². The van der Waals surface area contributed by atoms with Crippen molar-refractivity contribution in [2.24, 2.45) is 5.92 Å². The second-order valence-electron chi connectivity index (χ2n) is 4.88. The molecule has 1 aromatic carbocycles. The lowest BCUT2D eigenvalue weighted by Crippen LogP contribution is -2.05. The van der Waals surface area contributed by atoms with Crippen LogP contribution in [0.3, 0.4) is 0 Å². The van der Waals surface area contributed by atoms with E-state index in [1.54, 1.807) is 18.2 Å². The van der Waals surface area contributed by atoms with E-state index < -0.39 is 0 Å². The smallest absolute Gasteiger partial charge is 0.231 e. The Balaban J connectivity index is 1.64. The molecule has 0 bridgehead atoms. The summed E-state index contributed by atoms with van der Waals surface area (Å²) in [5, 5.41) is 13.4. The molecule has 0 aliphatic carbocycles. The van der Waals surface area contributed by atoms with E-state index in [-0.39, 0.29) is 5.75 Å². The molecule has 100 valence electrons. The van der Waals surface area contributed by atoms with Crippen LogP contribution in [0.5, 0.6) is 5.75 Å². The summed E-state index contributed by atoms with van der Waals surface area (Å²) in [6.07, 6.45) is 2.42. The largest absolute Gasteiger partial charge is 0.508 e. The third kappa shape index (κ3) is 3.12. The molecule has 2 heterocycles. The zero-order valence-electron chi connectivity index (χ0n) is 10.6. The first-order valence-electron chi connectivity index (χ1n) is 6.47. The molecule has 1 aliphatic heterocycles. The van der Waals surface area contributed by atoms with Crippen LogP contribution >= 0.6 is 0 Å². The topological polar surface area (TPSA) is 68.4 Å². The fraction of sp³-hybridized carbons (Fsp3) is 0.429. The molecule has 0 spiro atoms. The number of rotatable bonds is 4. The molecule has 0 saturated carbocycles. The van der Waals surface area contributed by atoms with E-state index in [0.717, 1.165) is 37.4 Å². The summed E-state index contributed by atoms with van der Waals surface area (Å²) >= 11 is 0. The molecule has 1 saturated heterocycles. The van der Waals surface area contributed by atoms with Gasteiger partial charge in [-0.1, -0.05) is 17.3 Å². The van der Waals surface area contributed by atoms with Crippen molar-refractivity contribution < 1.29 is 14.4 Å². The normalized spacial score (nSPS) is 18.8. The van der Waals surface area contributed by atoms with Gasteiger partial charge < -0.3 is 14.4 Å². The predicted molar refractivity (Wildman–Crippen MR) is 67.8 cm³/mol. The van der Waals surface area contributed by atoms with Crippen molar-refractivity contribution in [1.29, 1.82) is 0 Å². The van der Waals surface area contributed by atoms with Crippen LogP contribution in [0.1, 0.15) is 23.7 Å². The first kappa shape index (κ1) is 12.2. The quantitative estimate of drug-likeness (QED) is 0.909. The second kappa shape index (κ2) is 5.40. The molecule has 0 amide bonds. The number of hydrogen-bond donors (Lipinski definition) is 1. The predicted octanol–water partition coefficient (Wildman–Crippen LogP) is 1.94. The Hall–Kier alpha value is -1.88. The molecular weight excluding hydrogens is 244 g/mol. The van der Waals surface area contributed by atoms with E-state index in [9.17, 15) is 5.11 Å². The Morgan fingerprint density at radius 2 is 2.32 bits per heavy atom. The van der Waals surface area contributed by atoms with Crippen LogP contribution in [0.4, 0.5) is 0 Å². The number of aromatic nitrogens is 2. The molecule has 0 radical (unpaired) electrons. The zero-order chi connectivity index (χ0) is 13.1. The molecule has 1 fully saturated rings. The van der Waals surface area contributed by atoms with Crippen LogP contribution in [0.2, 0.25) is 0 Å². The van der Waals surface area contributed by atoms with Crippen molar-refractivity contribution in [2.75, 3.05) is 13.2 Å². The number of aromatic hydroxyl groups is 1. The lowest BCUT2D eigenvalue weighted by Gasteiger charge is -2.01. The third-order valence-electron chi connectivity index (χ3n) is 3.27. The number of hydrogen-bond acceptors (Lipinski definition) is 5. The van der Waals surface area contributed by atoms with Gasteiger partial charge in [-0.05, 0) is 30.0 Å².